The molecule has 1 aliphatic rings. The molecule has 0 spiro atoms. The first-order valence-corrected chi connectivity index (χ1v) is 12.8. The highest BCUT2D eigenvalue weighted by Gasteiger charge is 2.23. The highest BCUT2D eigenvalue weighted by atomic mass is 32.2. The van der Waals surface area contributed by atoms with E-state index in [1.165, 1.54) is 31.0 Å². The Balaban J connectivity index is 1.52. The SMILES string of the molecule is COc1ccc(OC)c(-n2c(SCC(=O)NC3CCCCC3)nnc2-c2c[nH]c3ccccc23)c1. The number of ether oxygens (including phenoxy) is 2. The molecular weight excluding hydrogens is 462 g/mol. The third-order valence-corrected chi connectivity index (χ3v) is 7.32. The zero-order valence-electron chi connectivity index (χ0n) is 19.9. The molecule has 8 nitrogen and oxygen atoms in total. The lowest BCUT2D eigenvalue weighted by atomic mass is 9.95. The van der Waals surface area contributed by atoms with Crippen LogP contribution < -0.4 is 14.8 Å². The van der Waals surface area contributed by atoms with Gasteiger partial charge in [0, 0.05) is 34.8 Å². The van der Waals surface area contributed by atoms with Crippen molar-refractivity contribution in [2.24, 2.45) is 0 Å². The van der Waals surface area contributed by atoms with Gasteiger partial charge in [-0.2, -0.15) is 0 Å². The zero-order chi connectivity index (χ0) is 24.2. The van der Waals surface area contributed by atoms with Gasteiger partial charge in [0.05, 0.1) is 25.7 Å². The molecule has 0 atom stereocenters. The standard InChI is InChI=1S/C26H29N5O3S/c1-33-18-12-13-23(34-2)22(14-18)31-25(20-15-27-21-11-7-6-10-19(20)21)29-30-26(31)35-16-24(32)28-17-8-4-3-5-9-17/h6-7,10-15,17,27H,3-5,8-9,16H2,1-2H3,(H,28,32). The Bertz CT molecular complexity index is 1330. The van der Waals surface area contributed by atoms with Crippen LogP contribution >= 0.6 is 11.8 Å². The summed E-state index contributed by atoms with van der Waals surface area (Å²) in [4.78, 5) is 16.0. The van der Waals surface area contributed by atoms with Gasteiger partial charge in [-0.25, -0.2) is 0 Å². The Hall–Kier alpha value is -3.46. The van der Waals surface area contributed by atoms with Crippen molar-refractivity contribution in [1.82, 2.24) is 25.1 Å². The van der Waals surface area contributed by atoms with Gasteiger partial charge in [0.15, 0.2) is 11.0 Å². The van der Waals surface area contributed by atoms with Gasteiger partial charge in [-0.1, -0.05) is 49.2 Å². The van der Waals surface area contributed by atoms with Crippen molar-refractivity contribution in [3.63, 3.8) is 0 Å². The second-order valence-corrected chi connectivity index (χ2v) is 9.56. The van der Waals surface area contributed by atoms with Crippen LogP contribution in [0.15, 0.2) is 53.8 Å². The number of thioether (sulfide) groups is 1. The van der Waals surface area contributed by atoms with E-state index in [2.05, 4.69) is 20.5 Å². The molecule has 35 heavy (non-hydrogen) atoms. The molecule has 0 unspecified atom stereocenters. The third kappa shape index (κ3) is 4.86. The molecule has 2 N–H and O–H groups in total. The topological polar surface area (TPSA) is 94.1 Å². The predicted octanol–water partition coefficient (Wildman–Crippen LogP) is 4.97. The van der Waals surface area contributed by atoms with Gasteiger partial charge in [-0.3, -0.25) is 9.36 Å². The molecule has 2 aromatic carbocycles. The molecule has 0 bridgehead atoms. The van der Waals surface area contributed by atoms with Crippen LogP contribution in [-0.4, -0.2) is 51.7 Å². The maximum Gasteiger partial charge on any atom is 0.230 e. The minimum absolute atomic E-state index is 0.0164. The van der Waals surface area contributed by atoms with Gasteiger partial charge in [0.25, 0.3) is 0 Å². The first-order chi connectivity index (χ1) is 17.2. The van der Waals surface area contributed by atoms with Crippen molar-refractivity contribution in [1.29, 1.82) is 0 Å². The number of rotatable bonds is 8. The summed E-state index contributed by atoms with van der Waals surface area (Å²) in [6.07, 6.45) is 7.65. The molecule has 0 saturated heterocycles. The number of methoxy groups -OCH3 is 2. The maximum absolute atomic E-state index is 12.7. The normalized spacial score (nSPS) is 14.2. The van der Waals surface area contributed by atoms with Gasteiger partial charge < -0.3 is 19.8 Å². The molecule has 182 valence electrons. The summed E-state index contributed by atoms with van der Waals surface area (Å²) in [5, 5.41) is 13.9. The predicted molar refractivity (Wildman–Crippen MR) is 137 cm³/mol. The van der Waals surface area contributed by atoms with Crippen molar-refractivity contribution < 1.29 is 14.3 Å². The summed E-state index contributed by atoms with van der Waals surface area (Å²) in [5.74, 6) is 2.27. The van der Waals surface area contributed by atoms with E-state index in [9.17, 15) is 4.79 Å². The molecule has 0 aliphatic heterocycles. The van der Waals surface area contributed by atoms with Gasteiger partial charge in [0.1, 0.15) is 11.5 Å². The van der Waals surface area contributed by atoms with Crippen LogP contribution in [-0.2, 0) is 4.79 Å². The van der Waals surface area contributed by atoms with E-state index in [1.807, 2.05) is 53.2 Å². The van der Waals surface area contributed by atoms with Crippen LogP contribution in [0.3, 0.4) is 0 Å². The second-order valence-electron chi connectivity index (χ2n) is 8.62. The number of fused-ring (bicyclic) bond motifs is 1. The molecule has 1 aliphatic carbocycles. The lowest BCUT2D eigenvalue weighted by Crippen LogP contribution is -2.37. The van der Waals surface area contributed by atoms with Crippen molar-refractivity contribution in [3.05, 3.63) is 48.7 Å². The van der Waals surface area contributed by atoms with Crippen LogP contribution in [0.5, 0.6) is 11.5 Å². The molecule has 1 amide bonds. The number of para-hydroxylation sites is 1. The Kier molecular flexibility index (Phi) is 6.94. The van der Waals surface area contributed by atoms with Gasteiger partial charge >= 0.3 is 0 Å². The number of hydrogen-bond donors (Lipinski definition) is 2. The molecule has 2 aromatic heterocycles. The number of benzene rings is 2. The second kappa shape index (κ2) is 10.4. The summed E-state index contributed by atoms with van der Waals surface area (Å²) >= 11 is 1.37. The minimum Gasteiger partial charge on any atom is -0.497 e. The van der Waals surface area contributed by atoms with Gasteiger partial charge in [-0.15, -0.1) is 10.2 Å². The minimum atomic E-state index is 0.0164. The maximum atomic E-state index is 12.7. The Labute approximate surface area is 208 Å². The van der Waals surface area contributed by atoms with Crippen molar-refractivity contribution in [3.8, 4) is 28.6 Å². The molecule has 9 heteroatoms. The highest BCUT2D eigenvalue weighted by molar-refractivity contribution is 7.99. The molecule has 1 fully saturated rings. The van der Waals surface area contributed by atoms with Crippen LogP contribution in [0.25, 0.3) is 28.0 Å². The molecule has 4 aromatic rings. The fourth-order valence-corrected chi connectivity index (χ4v) is 5.39. The Morgan fingerprint density at radius 3 is 2.74 bits per heavy atom. The van der Waals surface area contributed by atoms with E-state index in [1.54, 1.807) is 14.2 Å². The lowest BCUT2D eigenvalue weighted by molar-refractivity contribution is -0.119. The van der Waals surface area contributed by atoms with E-state index in [4.69, 9.17) is 9.47 Å². The van der Waals surface area contributed by atoms with Crippen LogP contribution in [0.1, 0.15) is 32.1 Å². The van der Waals surface area contributed by atoms with E-state index in [-0.39, 0.29) is 17.7 Å². The van der Waals surface area contributed by atoms with Crippen molar-refractivity contribution in [2.45, 2.75) is 43.3 Å². The first kappa shape index (κ1) is 23.3. The molecule has 0 radical (unpaired) electrons. The van der Waals surface area contributed by atoms with Crippen molar-refractivity contribution in [2.75, 3.05) is 20.0 Å². The third-order valence-electron chi connectivity index (χ3n) is 6.39. The number of amides is 1. The molecule has 2 heterocycles. The van der Waals surface area contributed by atoms with Crippen LogP contribution in [0.2, 0.25) is 0 Å². The van der Waals surface area contributed by atoms with Gasteiger partial charge in [0.2, 0.25) is 5.91 Å². The summed E-state index contributed by atoms with van der Waals surface area (Å²) in [5.41, 5.74) is 2.67. The average Bonchev–Trinajstić information content (AvgIpc) is 3.51. The number of hydrogen-bond acceptors (Lipinski definition) is 6. The number of H-pyrrole nitrogens is 1. The fourth-order valence-electron chi connectivity index (χ4n) is 4.63. The number of nitrogens with zero attached hydrogens (tertiary/aromatic N) is 3. The van der Waals surface area contributed by atoms with Crippen LogP contribution in [0, 0.1) is 0 Å². The number of carbonyl (C=O) groups is 1. The number of aromatic nitrogens is 4. The lowest BCUT2D eigenvalue weighted by Gasteiger charge is -2.22. The quantitative estimate of drug-likeness (QED) is 0.338. The average molecular weight is 492 g/mol. The van der Waals surface area contributed by atoms with Crippen LogP contribution in [0.4, 0.5) is 0 Å². The first-order valence-electron chi connectivity index (χ1n) is 11.8. The van der Waals surface area contributed by atoms with Gasteiger partial charge in [-0.05, 0) is 31.0 Å². The van der Waals surface area contributed by atoms with Crippen molar-refractivity contribution >= 4 is 28.6 Å². The summed E-state index contributed by atoms with van der Waals surface area (Å²) in [6, 6.07) is 13.9. The Morgan fingerprint density at radius 2 is 1.94 bits per heavy atom. The largest absolute Gasteiger partial charge is 0.497 e. The molecule has 5 rings (SSSR count). The fraction of sp³-hybridized carbons (Fsp3) is 0.346. The zero-order valence-corrected chi connectivity index (χ0v) is 20.7. The van der Waals surface area contributed by atoms with E-state index < -0.39 is 0 Å². The smallest absolute Gasteiger partial charge is 0.230 e. The number of aromatic amines is 1. The molecular formula is C26H29N5O3S. The number of nitrogens with one attached hydrogen (secondary N) is 2. The number of carbonyl (C=O) groups excluding carboxylic acids is 1. The summed E-state index contributed by atoms with van der Waals surface area (Å²) in [6.45, 7) is 0. The molecule has 1 saturated carbocycles. The summed E-state index contributed by atoms with van der Waals surface area (Å²) in [7, 11) is 3.26. The van der Waals surface area contributed by atoms with E-state index in [0.29, 0.717) is 22.5 Å². The van der Waals surface area contributed by atoms with E-state index in [0.717, 1.165) is 35.0 Å². The van der Waals surface area contributed by atoms with E-state index >= 15 is 0 Å². The highest BCUT2D eigenvalue weighted by Crippen LogP contribution is 2.37. The summed E-state index contributed by atoms with van der Waals surface area (Å²) < 4.78 is 13.1. The monoisotopic (exact) mass is 491 g/mol. The Morgan fingerprint density at radius 1 is 1.11 bits per heavy atom.